The van der Waals surface area contributed by atoms with Gasteiger partial charge >= 0.3 is 0 Å². The molecule has 0 N–H and O–H groups in total. The molecule has 24 heavy (non-hydrogen) atoms. The van der Waals surface area contributed by atoms with Crippen molar-refractivity contribution in [1.82, 2.24) is 34.3 Å². The smallest absolute Gasteiger partial charge is 0.223 e. The summed E-state index contributed by atoms with van der Waals surface area (Å²) in [5.74, 6) is 2.63. The number of hydrogen-bond donors (Lipinski definition) is 0. The second-order valence-electron chi connectivity index (χ2n) is 6.39. The van der Waals surface area contributed by atoms with E-state index in [4.69, 9.17) is 4.98 Å². The van der Waals surface area contributed by atoms with Gasteiger partial charge in [-0.25, -0.2) is 14.2 Å². The van der Waals surface area contributed by atoms with Gasteiger partial charge in [0, 0.05) is 39.2 Å². The zero-order chi connectivity index (χ0) is 16.7. The Balaban J connectivity index is 1.52. The SMILES string of the molecule is Cc1ncc(C)n2nc(CCc3nc(N4CCCC4)n(C)n3)nc12. The minimum atomic E-state index is 0.726. The molecule has 8 nitrogen and oxygen atoms in total. The summed E-state index contributed by atoms with van der Waals surface area (Å²) in [6.45, 7) is 6.09. The number of rotatable bonds is 4. The molecule has 1 saturated heterocycles. The lowest BCUT2D eigenvalue weighted by atomic mass is 10.3. The second-order valence-corrected chi connectivity index (χ2v) is 6.39. The van der Waals surface area contributed by atoms with Gasteiger partial charge in [0.15, 0.2) is 17.3 Å². The molecule has 1 fully saturated rings. The van der Waals surface area contributed by atoms with Crippen molar-refractivity contribution >= 4 is 11.6 Å². The molecule has 0 spiro atoms. The molecule has 1 aliphatic heterocycles. The lowest BCUT2D eigenvalue weighted by Gasteiger charge is -2.14. The first kappa shape index (κ1) is 15.0. The van der Waals surface area contributed by atoms with Gasteiger partial charge in [-0.1, -0.05) is 0 Å². The van der Waals surface area contributed by atoms with E-state index in [1.165, 1.54) is 12.8 Å². The molecule has 4 rings (SSSR count). The Morgan fingerprint density at radius 2 is 1.71 bits per heavy atom. The van der Waals surface area contributed by atoms with E-state index in [-0.39, 0.29) is 0 Å². The van der Waals surface area contributed by atoms with E-state index in [1.807, 2.05) is 36.3 Å². The highest BCUT2D eigenvalue weighted by Crippen LogP contribution is 2.17. The Labute approximate surface area is 140 Å². The molecule has 1 aliphatic rings. The van der Waals surface area contributed by atoms with Crippen LogP contribution in [0.1, 0.15) is 35.9 Å². The summed E-state index contributed by atoms with van der Waals surface area (Å²) in [5, 5.41) is 9.14. The third kappa shape index (κ3) is 2.61. The molecule has 0 aliphatic carbocycles. The standard InChI is InChI=1S/C16H22N8/c1-11-10-17-12(2)15-18-13(21-24(11)15)6-7-14-19-16(22(3)20-14)23-8-4-5-9-23/h10H,4-9H2,1-3H3. The lowest BCUT2D eigenvalue weighted by molar-refractivity contribution is 0.713. The molecule has 126 valence electrons. The van der Waals surface area contributed by atoms with E-state index >= 15 is 0 Å². The molecule has 3 aromatic rings. The molecule has 8 heteroatoms. The molecule has 0 bridgehead atoms. The first-order valence-corrected chi connectivity index (χ1v) is 8.44. The number of aryl methyl sites for hydroxylation is 5. The molecule has 0 radical (unpaired) electrons. The molecule has 4 heterocycles. The van der Waals surface area contributed by atoms with Crippen LogP contribution in [0.4, 0.5) is 5.95 Å². The summed E-state index contributed by atoms with van der Waals surface area (Å²) in [6.07, 6.45) is 5.76. The van der Waals surface area contributed by atoms with Crippen molar-refractivity contribution in [3.8, 4) is 0 Å². The van der Waals surface area contributed by atoms with Crippen LogP contribution in [0.15, 0.2) is 6.20 Å². The van der Waals surface area contributed by atoms with Crippen LogP contribution in [0.25, 0.3) is 5.65 Å². The van der Waals surface area contributed by atoms with Crippen LogP contribution in [0, 0.1) is 13.8 Å². The Hall–Kier alpha value is -2.51. The predicted molar refractivity (Wildman–Crippen MR) is 90.1 cm³/mol. The normalized spacial score (nSPS) is 14.9. The van der Waals surface area contributed by atoms with Gasteiger partial charge in [-0.15, -0.1) is 0 Å². The quantitative estimate of drug-likeness (QED) is 0.718. The maximum absolute atomic E-state index is 4.70. The number of anilines is 1. The van der Waals surface area contributed by atoms with Crippen molar-refractivity contribution in [2.24, 2.45) is 7.05 Å². The van der Waals surface area contributed by atoms with Gasteiger partial charge in [0.2, 0.25) is 5.95 Å². The fourth-order valence-electron chi connectivity index (χ4n) is 3.19. The summed E-state index contributed by atoms with van der Waals surface area (Å²) in [6, 6.07) is 0. The summed E-state index contributed by atoms with van der Waals surface area (Å²) in [7, 11) is 1.96. The van der Waals surface area contributed by atoms with Crippen molar-refractivity contribution < 1.29 is 0 Å². The van der Waals surface area contributed by atoms with Crippen molar-refractivity contribution in [2.45, 2.75) is 39.5 Å². The van der Waals surface area contributed by atoms with Gasteiger partial charge in [-0.3, -0.25) is 4.98 Å². The third-order valence-electron chi connectivity index (χ3n) is 4.50. The first-order chi connectivity index (χ1) is 11.6. The van der Waals surface area contributed by atoms with Crippen molar-refractivity contribution in [1.29, 1.82) is 0 Å². The van der Waals surface area contributed by atoms with Gasteiger partial charge in [0.1, 0.15) is 0 Å². The number of nitrogens with zero attached hydrogens (tertiary/aromatic N) is 8. The Bertz CT molecular complexity index is 833. The van der Waals surface area contributed by atoms with Gasteiger partial charge in [0.05, 0.1) is 11.4 Å². The Morgan fingerprint density at radius 1 is 1.00 bits per heavy atom. The van der Waals surface area contributed by atoms with Crippen LogP contribution < -0.4 is 4.90 Å². The molecular weight excluding hydrogens is 304 g/mol. The lowest BCUT2D eigenvalue weighted by Crippen LogP contribution is -2.21. The van der Waals surface area contributed by atoms with E-state index in [2.05, 4.69) is 25.1 Å². The zero-order valence-electron chi connectivity index (χ0n) is 14.4. The minimum absolute atomic E-state index is 0.726. The summed E-state index contributed by atoms with van der Waals surface area (Å²) in [4.78, 5) is 16.0. The van der Waals surface area contributed by atoms with Crippen molar-refractivity contribution in [3.63, 3.8) is 0 Å². The van der Waals surface area contributed by atoms with E-state index in [0.29, 0.717) is 0 Å². The minimum Gasteiger partial charge on any atom is -0.341 e. The topological polar surface area (TPSA) is 77.0 Å². The Kier molecular flexibility index (Phi) is 3.66. The highest BCUT2D eigenvalue weighted by atomic mass is 15.4. The van der Waals surface area contributed by atoms with Crippen LogP contribution in [0.2, 0.25) is 0 Å². The highest BCUT2D eigenvalue weighted by Gasteiger charge is 2.19. The summed E-state index contributed by atoms with van der Waals surface area (Å²) < 4.78 is 3.75. The third-order valence-corrected chi connectivity index (χ3v) is 4.50. The average Bonchev–Trinajstić information content (AvgIpc) is 3.28. The van der Waals surface area contributed by atoms with Crippen molar-refractivity contribution in [3.05, 3.63) is 29.2 Å². The maximum atomic E-state index is 4.70. The summed E-state index contributed by atoms with van der Waals surface area (Å²) >= 11 is 0. The second kappa shape index (κ2) is 5.85. The highest BCUT2D eigenvalue weighted by molar-refractivity contribution is 5.43. The first-order valence-electron chi connectivity index (χ1n) is 8.44. The maximum Gasteiger partial charge on any atom is 0.223 e. The van der Waals surface area contributed by atoms with Gasteiger partial charge < -0.3 is 4.90 Å². The molecule has 0 saturated carbocycles. The van der Waals surface area contributed by atoms with Gasteiger partial charge in [-0.05, 0) is 26.7 Å². The monoisotopic (exact) mass is 326 g/mol. The van der Waals surface area contributed by atoms with E-state index in [1.54, 1.807) is 0 Å². The van der Waals surface area contributed by atoms with E-state index < -0.39 is 0 Å². The predicted octanol–water partition coefficient (Wildman–Crippen LogP) is 1.26. The van der Waals surface area contributed by atoms with E-state index in [9.17, 15) is 0 Å². The molecule has 0 amide bonds. The number of aromatic nitrogens is 7. The fraction of sp³-hybridized carbons (Fsp3) is 0.562. The molecule has 0 atom stereocenters. The van der Waals surface area contributed by atoms with Crippen LogP contribution in [-0.4, -0.2) is 47.4 Å². The Morgan fingerprint density at radius 3 is 2.42 bits per heavy atom. The van der Waals surface area contributed by atoms with E-state index in [0.717, 1.165) is 60.6 Å². The van der Waals surface area contributed by atoms with Crippen LogP contribution in [0.5, 0.6) is 0 Å². The van der Waals surface area contributed by atoms with Crippen LogP contribution >= 0.6 is 0 Å². The molecule has 0 unspecified atom stereocenters. The number of hydrogen-bond acceptors (Lipinski definition) is 6. The largest absolute Gasteiger partial charge is 0.341 e. The average molecular weight is 326 g/mol. The molecule has 0 aromatic carbocycles. The number of fused-ring (bicyclic) bond motifs is 1. The fourth-order valence-corrected chi connectivity index (χ4v) is 3.19. The summed E-state index contributed by atoms with van der Waals surface area (Å²) in [5.41, 5.74) is 2.71. The van der Waals surface area contributed by atoms with Gasteiger partial charge in [0.25, 0.3) is 0 Å². The zero-order valence-corrected chi connectivity index (χ0v) is 14.4. The molecular formula is C16H22N8. The van der Waals surface area contributed by atoms with Crippen LogP contribution in [-0.2, 0) is 19.9 Å². The van der Waals surface area contributed by atoms with Gasteiger partial charge in [-0.2, -0.15) is 15.2 Å². The van der Waals surface area contributed by atoms with Crippen LogP contribution in [0.3, 0.4) is 0 Å². The van der Waals surface area contributed by atoms with Crippen molar-refractivity contribution in [2.75, 3.05) is 18.0 Å². The molecule has 3 aromatic heterocycles.